The quantitative estimate of drug-likeness (QED) is 0.891. The predicted molar refractivity (Wildman–Crippen MR) is 83.1 cm³/mol. The molecular formula is C18H18FNO2. The number of nitrogens with one attached hydrogen (secondary N) is 1. The molecule has 0 radical (unpaired) electrons. The first kappa shape index (κ1) is 14.7. The summed E-state index contributed by atoms with van der Waals surface area (Å²) in [5.41, 5.74) is 2.67. The lowest BCUT2D eigenvalue weighted by molar-refractivity contribution is -0.117. The minimum atomic E-state index is -0.261. The summed E-state index contributed by atoms with van der Waals surface area (Å²) >= 11 is 0. The molecule has 3 rings (SSSR count). The van der Waals surface area contributed by atoms with E-state index in [1.54, 1.807) is 6.07 Å². The van der Waals surface area contributed by atoms with E-state index in [4.69, 9.17) is 5.11 Å². The van der Waals surface area contributed by atoms with Crippen molar-refractivity contribution in [3.8, 4) is 0 Å². The molecule has 2 aromatic carbocycles. The molecule has 114 valence electrons. The monoisotopic (exact) mass is 299 g/mol. The number of hydrogen-bond donors (Lipinski definition) is 2. The maximum atomic E-state index is 13.2. The van der Waals surface area contributed by atoms with Gasteiger partial charge in [0.25, 0.3) is 0 Å². The van der Waals surface area contributed by atoms with Crippen LogP contribution in [0.25, 0.3) is 0 Å². The minimum Gasteiger partial charge on any atom is -0.396 e. The summed E-state index contributed by atoms with van der Waals surface area (Å²) < 4.78 is 13.2. The lowest BCUT2D eigenvalue weighted by Gasteiger charge is -2.06. The average Bonchev–Trinajstić information content (AvgIpc) is 3.30. The fourth-order valence-corrected chi connectivity index (χ4v) is 2.71. The molecule has 1 aliphatic rings. The number of amides is 1. The summed E-state index contributed by atoms with van der Waals surface area (Å²) in [6.45, 7) is 0.114. The summed E-state index contributed by atoms with van der Waals surface area (Å²) in [6.07, 6.45) is 1.37. The molecule has 1 fully saturated rings. The molecule has 0 saturated heterocycles. The highest BCUT2D eigenvalue weighted by molar-refractivity contribution is 5.95. The molecule has 0 spiro atoms. The molecule has 0 bridgehead atoms. The van der Waals surface area contributed by atoms with Crippen molar-refractivity contribution in [2.45, 2.75) is 18.8 Å². The Labute approximate surface area is 128 Å². The molecule has 1 amide bonds. The molecule has 1 aliphatic carbocycles. The molecule has 1 saturated carbocycles. The molecule has 2 aromatic rings. The highest BCUT2D eigenvalue weighted by atomic mass is 19.1. The minimum absolute atomic E-state index is 0.0239. The number of aliphatic hydroxyl groups is 1. The van der Waals surface area contributed by atoms with Crippen LogP contribution in [0.1, 0.15) is 23.5 Å². The molecule has 2 N–H and O–H groups in total. The van der Waals surface area contributed by atoms with E-state index in [9.17, 15) is 9.18 Å². The number of aliphatic hydroxyl groups excluding tert-OH is 1. The summed E-state index contributed by atoms with van der Waals surface area (Å²) in [6, 6.07) is 13.9. The van der Waals surface area contributed by atoms with Crippen molar-refractivity contribution in [1.29, 1.82) is 0 Å². The van der Waals surface area contributed by atoms with Gasteiger partial charge in [0.2, 0.25) is 5.91 Å². The number of carbonyl (C=O) groups excluding carboxylic acids is 1. The maximum Gasteiger partial charge on any atom is 0.228 e. The molecular weight excluding hydrogens is 281 g/mol. The third-order valence-corrected chi connectivity index (χ3v) is 4.03. The smallest absolute Gasteiger partial charge is 0.228 e. The molecule has 0 aromatic heterocycles. The summed E-state index contributed by atoms with van der Waals surface area (Å²) in [7, 11) is 0. The Morgan fingerprint density at radius 1 is 1.23 bits per heavy atom. The second-order valence-corrected chi connectivity index (χ2v) is 5.66. The van der Waals surface area contributed by atoms with Gasteiger partial charge in [0.05, 0.1) is 0 Å². The van der Waals surface area contributed by atoms with Crippen LogP contribution in [0.15, 0.2) is 48.5 Å². The number of benzene rings is 2. The number of anilines is 1. The Bertz CT molecular complexity index is 669. The van der Waals surface area contributed by atoms with Gasteiger partial charge in [-0.1, -0.05) is 24.3 Å². The fourth-order valence-electron chi connectivity index (χ4n) is 2.71. The zero-order valence-electron chi connectivity index (χ0n) is 12.1. The first-order chi connectivity index (χ1) is 10.7. The topological polar surface area (TPSA) is 49.3 Å². The van der Waals surface area contributed by atoms with Gasteiger partial charge >= 0.3 is 0 Å². The standard InChI is InChI=1S/C18H18FNO2/c19-14-3-1-2-13(10-14)16-11-17(16)18(22)20-15-6-4-12(5-7-15)8-9-21/h1-7,10,16-17,21H,8-9,11H2,(H,20,22)/t16-,17+/m1/s1. The maximum absolute atomic E-state index is 13.2. The van der Waals surface area contributed by atoms with Gasteiger partial charge in [0.1, 0.15) is 5.82 Å². The van der Waals surface area contributed by atoms with Crippen molar-refractivity contribution >= 4 is 11.6 Å². The summed E-state index contributed by atoms with van der Waals surface area (Å²) in [4.78, 5) is 12.2. The zero-order valence-corrected chi connectivity index (χ0v) is 12.1. The first-order valence-corrected chi connectivity index (χ1v) is 7.43. The first-order valence-electron chi connectivity index (χ1n) is 7.43. The predicted octanol–water partition coefficient (Wildman–Crippen LogP) is 3.10. The Morgan fingerprint density at radius 2 is 2.00 bits per heavy atom. The van der Waals surface area contributed by atoms with Gasteiger partial charge in [-0.15, -0.1) is 0 Å². The highest BCUT2D eigenvalue weighted by Gasteiger charge is 2.44. The fraction of sp³-hybridized carbons (Fsp3) is 0.278. The van der Waals surface area contributed by atoms with Crippen LogP contribution >= 0.6 is 0 Å². The van der Waals surface area contributed by atoms with E-state index < -0.39 is 0 Å². The van der Waals surface area contributed by atoms with Gasteiger partial charge in [0.15, 0.2) is 0 Å². The summed E-state index contributed by atoms with van der Waals surface area (Å²) in [5, 5.41) is 11.8. The molecule has 0 heterocycles. The third-order valence-electron chi connectivity index (χ3n) is 4.03. The lowest BCUT2D eigenvalue weighted by atomic mass is 10.1. The van der Waals surface area contributed by atoms with Crippen LogP contribution in [0.2, 0.25) is 0 Å². The molecule has 4 heteroatoms. The molecule has 3 nitrogen and oxygen atoms in total. The lowest BCUT2D eigenvalue weighted by Crippen LogP contribution is -2.14. The number of hydrogen-bond acceptors (Lipinski definition) is 2. The molecule has 22 heavy (non-hydrogen) atoms. The molecule has 2 atom stereocenters. The van der Waals surface area contributed by atoms with Crippen LogP contribution < -0.4 is 5.32 Å². The van der Waals surface area contributed by atoms with E-state index in [1.807, 2.05) is 30.3 Å². The molecule has 0 aliphatic heterocycles. The number of rotatable bonds is 5. The average molecular weight is 299 g/mol. The van der Waals surface area contributed by atoms with Gasteiger partial charge in [-0.25, -0.2) is 4.39 Å². The van der Waals surface area contributed by atoms with E-state index in [1.165, 1.54) is 12.1 Å². The molecule has 0 unspecified atom stereocenters. The van der Waals surface area contributed by atoms with E-state index in [0.717, 1.165) is 23.2 Å². The SMILES string of the molecule is O=C(Nc1ccc(CCO)cc1)[C@H]1C[C@@H]1c1cccc(F)c1. The van der Waals surface area contributed by atoms with Crippen molar-refractivity contribution in [3.05, 3.63) is 65.5 Å². The van der Waals surface area contributed by atoms with Crippen LogP contribution in [0.4, 0.5) is 10.1 Å². The zero-order chi connectivity index (χ0) is 15.5. The van der Waals surface area contributed by atoms with Crippen LogP contribution in [0.5, 0.6) is 0 Å². The van der Waals surface area contributed by atoms with E-state index in [2.05, 4.69) is 5.32 Å². The van der Waals surface area contributed by atoms with Gasteiger partial charge in [-0.2, -0.15) is 0 Å². The van der Waals surface area contributed by atoms with Gasteiger partial charge in [0, 0.05) is 18.2 Å². The second-order valence-electron chi connectivity index (χ2n) is 5.66. The van der Waals surface area contributed by atoms with Gasteiger partial charge in [-0.3, -0.25) is 4.79 Å². The highest BCUT2D eigenvalue weighted by Crippen LogP contribution is 2.48. The third kappa shape index (κ3) is 3.34. The van der Waals surface area contributed by atoms with Crippen molar-refractivity contribution in [1.82, 2.24) is 0 Å². The van der Waals surface area contributed by atoms with E-state index in [0.29, 0.717) is 6.42 Å². The van der Waals surface area contributed by atoms with Crippen molar-refractivity contribution in [3.63, 3.8) is 0 Å². The Morgan fingerprint density at radius 3 is 2.68 bits per heavy atom. The van der Waals surface area contributed by atoms with Crippen LogP contribution in [-0.4, -0.2) is 17.6 Å². The summed E-state index contributed by atoms with van der Waals surface area (Å²) in [5.74, 6) is -0.254. The number of halogens is 1. The van der Waals surface area contributed by atoms with E-state index in [-0.39, 0.29) is 30.2 Å². The van der Waals surface area contributed by atoms with Crippen molar-refractivity contribution in [2.24, 2.45) is 5.92 Å². The second kappa shape index (κ2) is 6.28. The van der Waals surface area contributed by atoms with Gasteiger partial charge < -0.3 is 10.4 Å². The number of carbonyl (C=O) groups is 1. The van der Waals surface area contributed by atoms with Crippen LogP contribution in [-0.2, 0) is 11.2 Å². The van der Waals surface area contributed by atoms with Crippen LogP contribution in [0.3, 0.4) is 0 Å². The van der Waals surface area contributed by atoms with Crippen molar-refractivity contribution < 1.29 is 14.3 Å². The van der Waals surface area contributed by atoms with E-state index >= 15 is 0 Å². The largest absolute Gasteiger partial charge is 0.396 e. The van der Waals surface area contributed by atoms with Gasteiger partial charge in [-0.05, 0) is 54.2 Å². The normalized spacial score (nSPS) is 19.7. The van der Waals surface area contributed by atoms with Crippen LogP contribution in [0, 0.1) is 11.7 Å². The Hall–Kier alpha value is -2.20. The van der Waals surface area contributed by atoms with Crippen molar-refractivity contribution in [2.75, 3.05) is 11.9 Å². The Balaban J connectivity index is 1.59. The Kier molecular flexibility index (Phi) is 4.20.